The Morgan fingerprint density at radius 3 is 2.31 bits per heavy atom. The molecule has 0 saturated carbocycles. The van der Waals surface area contributed by atoms with Crippen LogP contribution in [0, 0.1) is 13.8 Å². The summed E-state index contributed by atoms with van der Waals surface area (Å²) in [5, 5.41) is 6.14. The molecule has 2 aromatic carbocycles. The molecule has 0 spiro atoms. The Morgan fingerprint density at radius 1 is 1.00 bits per heavy atom. The fourth-order valence-electron chi connectivity index (χ4n) is 3.37. The molecule has 32 heavy (non-hydrogen) atoms. The Kier molecular flexibility index (Phi) is 6.94. The van der Waals surface area contributed by atoms with Crippen LogP contribution in [0.15, 0.2) is 54.6 Å². The van der Waals surface area contributed by atoms with E-state index >= 15 is 0 Å². The van der Waals surface area contributed by atoms with Crippen molar-refractivity contribution >= 4 is 35.1 Å². The summed E-state index contributed by atoms with van der Waals surface area (Å²) in [5.74, 6) is -0.0967. The van der Waals surface area contributed by atoms with E-state index in [-0.39, 0.29) is 0 Å². The molecule has 0 radical (unpaired) electrons. The molecule has 6 nitrogen and oxygen atoms in total. The molecule has 3 aromatic rings. The smallest absolute Gasteiger partial charge is 0.342 e. The highest BCUT2D eigenvalue weighted by molar-refractivity contribution is 6.30. The van der Waals surface area contributed by atoms with Crippen LogP contribution in [0.4, 0.5) is 16.3 Å². The second-order valence-electron chi connectivity index (χ2n) is 8.60. The Balaban J connectivity index is 2.00. The van der Waals surface area contributed by atoms with Crippen LogP contribution in [-0.2, 0) is 11.3 Å². The maximum absolute atomic E-state index is 13.1. The van der Waals surface area contributed by atoms with Crippen LogP contribution in [0.2, 0.25) is 5.02 Å². The summed E-state index contributed by atoms with van der Waals surface area (Å²) in [6.07, 6.45) is 0. The maximum atomic E-state index is 13.1. The molecule has 0 aliphatic carbocycles. The molecule has 168 valence electrons. The lowest BCUT2D eigenvalue weighted by molar-refractivity contribution is 0.00701. The standard InChI is InChI=1S/C25H28ClN3O3/c1-16-17(2)29(15-18-10-7-6-8-11-18)22(21(16)23(30)32-25(3,4)5)28-24(31)27-20-13-9-12-19(26)14-20/h6-14H,15H2,1-5H3,(H2,27,28,31). The van der Waals surface area contributed by atoms with Crippen molar-refractivity contribution in [2.45, 2.75) is 46.8 Å². The van der Waals surface area contributed by atoms with Crippen LogP contribution in [0.25, 0.3) is 0 Å². The predicted octanol–water partition coefficient (Wildman–Crippen LogP) is 6.41. The first-order valence-corrected chi connectivity index (χ1v) is 10.7. The van der Waals surface area contributed by atoms with Gasteiger partial charge in [-0.1, -0.05) is 48.0 Å². The fourth-order valence-corrected chi connectivity index (χ4v) is 3.56. The minimum atomic E-state index is -0.667. The highest BCUT2D eigenvalue weighted by atomic mass is 35.5. The van der Waals surface area contributed by atoms with Gasteiger partial charge in [-0.3, -0.25) is 5.32 Å². The summed E-state index contributed by atoms with van der Waals surface area (Å²) in [5.41, 5.74) is 2.89. The number of anilines is 2. The first-order chi connectivity index (χ1) is 15.0. The quantitative estimate of drug-likeness (QED) is 0.438. The van der Waals surface area contributed by atoms with E-state index < -0.39 is 17.6 Å². The van der Waals surface area contributed by atoms with Gasteiger partial charge in [0.15, 0.2) is 0 Å². The minimum absolute atomic E-state index is 0.342. The molecule has 0 aliphatic rings. The number of nitrogens with zero attached hydrogens (tertiary/aromatic N) is 1. The molecule has 0 unspecified atom stereocenters. The van der Waals surface area contributed by atoms with E-state index in [0.717, 1.165) is 16.8 Å². The zero-order valence-electron chi connectivity index (χ0n) is 19.0. The van der Waals surface area contributed by atoms with E-state index in [1.807, 2.05) is 69.5 Å². The summed E-state index contributed by atoms with van der Waals surface area (Å²) in [4.78, 5) is 25.9. The predicted molar refractivity (Wildman–Crippen MR) is 129 cm³/mol. The molecule has 1 heterocycles. The van der Waals surface area contributed by atoms with Gasteiger partial charge in [0.05, 0.1) is 0 Å². The van der Waals surface area contributed by atoms with Crippen LogP contribution in [0.5, 0.6) is 0 Å². The van der Waals surface area contributed by atoms with Crippen LogP contribution in [0.1, 0.15) is 48.0 Å². The Morgan fingerprint density at radius 2 is 1.69 bits per heavy atom. The zero-order valence-corrected chi connectivity index (χ0v) is 19.7. The normalized spacial score (nSPS) is 11.2. The number of esters is 1. The van der Waals surface area contributed by atoms with Crippen molar-refractivity contribution in [2.24, 2.45) is 0 Å². The van der Waals surface area contributed by atoms with Gasteiger partial charge >= 0.3 is 12.0 Å². The fraction of sp³-hybridized carbons (Fsp3) is 0.280. The third-order valence-electron chi connectivity index (χ3n) is 4.93. The monoisotopic (exact) mass is 453 g/mol. The number of hydrogen-bond donors (Lipinski definition) is 2. The van der Waals surface area contributed by atoms with Crippen molar-refractivity contribution in [2.75, 3.05) is 10.6 Å². The molecular formula is C25H28ClN3O3. The SMILES string of the molecule is Cc1c(C(=O)OC(C)(C)C)c(NC(=O)Nc2cccc(Cl)c2)n(Cc2ccccc2)c1C. The molecule has 2 amide bonds. The van der Waals surface area contributed by atoms with E-state index in [9.17, 15) is 9.59 Å². The minimum Gasteiger partial charge on any atom is -0.456 e. The number of ether oxygens (including phenoxy) is 1. The number of urea groups is 1. The lowest BCUT2D eigenvalue weighted by atomic mass is 10.1. The third-order valence-corrected chi connectivity index (χ3v) is 5.17. The van der Waals surface area contributed by atoms with Gasteiger partial charge in [-0.2, -0.15) is 0 Å². The van der Waals surface area contributed by atoms with E-state index in [2.05, 4.69) is 10.6 Å². The number of benzene rings is 2. The van der Waals surface area contributed by atoms with Crippen molar-refractivity contribution < 1.29 is 14.3 Å². The maximum Gasteiger partial charge on any atom is 0.342 e. The first-order valence-electron chi connectivity index (χ1n) is 10.4. The molecule has 0 atom stereocenters. The van der Waals surface area contributed by atoms with E-state index in [0.29, 0.717) is 28.6 Å². The Bertz CT molecular complexity index is 1130. The Labute approximate surface area is 193 Å². The van der Waals surface area contributed by atoms with Gasteiger partial charge in [0.25, 0.3) is 0 Å². The molecule has 1 aromatic heterocycles. The number of amides is 2. The van der Waals surface area contributed by atoms with E-state index in [4.69, 9.17) is 16.3 Å². The number of carbonyl (C=O) groups is 2. The van der Waals surface area contributed by atoms with Gasteiger partial charge in [-0.15, -0.1) is 0 Å². The van der Waals surface area contributed by atoms with E-state index in [1.54, 1.807) is 24.3 Å². The lowest BCUT2D eigenvalue weighted by Gasteiger charge is -2.20. The number of nitrogens with one attached hydrogen (secondary N) is 2. The zero-order chi connectivity index (χ0) is 23.5. The first kappa shape index (κ1) is 23.4. The van der Waals surface area contributed by atoms with Crippen molar-refractivity contribution in [1.82, 2.24) is 4.57 Å². The second-order valence-corrected chi connectivity index (χ2v) is 9.03. The van der Waals surface area contributed by atoms with E-state index in [1.165, 1.54) is 0 Å². The lowest BCUT2D eigenvalue weighted by Crippen LogP contribution is -2.27. The Hall–Kier alpha value is -3.25. The molecule has 2 N–H and O–H groups in total. The molecule has 0 bridgehead atoms. The average Bonchev–Trinajstić information content (AvgIpc) is 2.92. The van der Waals surface area contributed by atoms with Crippen LogP contribution >= 0.6 is 11.6 Å². The number of aromatic nitrogens is 1. The summed E-state index contributed by atoms with van der Waals surface area (Å²) >= 11 is 6.02. The number of halogens is 1. The number of hydrogen-bond acceptors (Lipinski definition) is 3. The highest BCUT2D eigenvalue weighted by Crippen LogP contribution is 2.30. The van der Waals surface area contributed by atoms with Crippen molar-refractivity contribution in [1.29, 1.82) is 0 Å². The van der Waals surface area contributed by atoms with Crippen LogP contribution in [-0.4, -0.2) is 22.2 Å². The molecular weight excluding hydrogens is 426 g/mol. The summed E-state index contributed by atoms with van der Waals surface area (Å²) in [6.45, 7) is 9.71. The molecule has 3 rings (SSSR count). The summed E-state index contributed by atoms with van der Waals surface area (Å²) in [7, 11) is 0. The second kappa shape index (κ2) is 9.49. The molecule has 0 saturated heterocycles. The number of rotatable bonds is 5. The van der Waals surface area contributed by atoms with Gasteiger partial charge in [-0.25, -0.2) is 9.59 Å². The third kappa shape index (κ3) is 5.71. The van der Waals surface area contributed by atoms with Gasteiger partial charge < -0.3 is 14.6 Å². The van der Waals surface area contributed by atoms with Gasteiger partial charge in [0.1, 0.15) is 17.0 Å². The van der Waals surface area contributed by atoms with Gasteiger partial charge in [0.2, 0.25) is 0 Å². The molecule has 0 aliphatic heterocycles. The molecule has 0 fully saturated rings. The summed E-state index contributed by atoms with van der Waals surface area (Å²) < 4.78 is 7.56. The van der Waals surface area contributed by atoms with Gasteiger partial charge in [-0.05, 0) is 63.9 Å². The molecule has 7 heteroatoms. The van der Waals surface area contributed by atoms with Crippen LogP contribution < -0.4 is 10.6 Å². The van der Waals surface area contributed by atoms with Crippen molar-refractivity contribution in [3.8, 4) is 0 Å². The van der Waals surface area contributed by atoms with Gasteiger partial charge in [0, 0.05) is 22.9 Å². The van der Waals surface area contributed by atoms with Crippen molar-refractivity contribution in [3.05, 3.63) is 82.0 Å². The summed E-state index contributed by atoms with van der Waals surface area (Å²) in [6, 6.07) is 16.2. The number of carbonyl (C=O) groups excluding carboxylic acids is 2. The highest BCUT2D eigenvalue weighted by Gasteiger charge is 2.28. The largest absolute Gasteiger partial charge is 0.456 e. The van der Waals surface area contributed by atoms with Crippen molar-refractivity contribution in [3.63, 3.8) is 0 Å². The topological polar surface area (TPSA) is 72.4 Å². The van der Waals surface area contributed by atoms with Crippen LogP contribution in [0.3, 0.4) is 0 Å². The average molecular weight is 454 g/mol.